The summed E-state index contributed by atoms with van der Waals surface area (Å²) in [5, 5.41) is 12.0. The van der Waals surface area contributed by atoms with Gasteiger partial charge in [-0.05, 0) is 12.1 Å². The summed E-state index contributed by atoms with van der Waals surface area (Å²) >= 11 is 5.50. The summed E-state index contributed by atoms with van der Waals surface area (Å²) in [6.07, 6.45) is 1.18. The molecule has 0 unspecified atom stereocenters. The Labute approximate surface area is 123 Å². The second-order valence-corrected chi connectivity index (χ2v) is 6.50. The van der Waals surface area contributed by atoms with E-state index in [2.05, 4.69) is 10.1 Å². The number of aryl methyl sites for hydroxylation is 1. The van der Waals surface area contributed by atoms with Gasteiger partial charge >= 0.3 is 5.97 Å². The van der Waals surface area contributed by atoms with E-state index in [1.54, 1.807) is 0 Å². The van der Waals surface area contributed by atoms with Gasteiger partial charge in [0.05, 0.1) is 15.5 Å². The molecule has 0 aliphatic carbocycles. The number of carboxylic acid groups (broad SMARTS) is 1. The molecule has 0 radical (unpaired) electrons. The van der Waals surface area contributed by atoms with E-state index in [1.165, 1.54) is 18.1 Å². The van der Waals surface area contributed by atoms with Gasteiger partial charge in [-0.3, -0.25) is 4.68 Å². The van der Waals surface area contributed by atoms with Crippen molar-refractivity contribution in [1.82, 2.24) is 14.8 Å². The molecule has 21 heavy (non-hydrogen) atoms. The van der Waals surface area contributed by atoms with Crippen LogP contribution in [0.4, 0.5) is 4.39 Å². The van der Waals surface area contributed by atoms with Crippen molar-refractivity contribution in [2.24, 2.45) is 7.05 Å². The first-order valence-corrected chi connectivity index (χ1v) is 7.53. The lowest BCUT2D eigenvalue weighted by molar-refractivity contribution is 0.0696. The second kappa shape index (κ2) is 5.41. The molecule has 0 amide bonds. The third kappa shape index (κ3) is 3.03. The summed E-state index contributed by atoms with van der Waals surface area (Å²) < 4.78 is 39.3. The Morgan fingerprint density at radius 2 is 2.14 bits per heavy atom. The molecule has 0 atom stereocenters. The van der Waals surface area contributed by atoms with Crippen molar-refractivity contribution in [3.05, 3.63) is 40.7 Å². The molecule has 2 aromatic rings. The standard InChI is InChI=1S/C11H9ClFN3O4S/c1-16-9(14-5-15-16)4-21(19,20)6-2-7(11(17)18)10(12)8(13)3-6/h2-3,5H,4H2,1H3,(H,17,18). The monoisotopic (exact) mass is 333 g/mol. The smallest absolute Gasteiger partial charge is 0.337 e. The van der Waals surface area contributed by atoms with E-state index in [4.69, 9.17) is 16.7 Å². The Bertz CT molecular complexity index is 819. The minimum absolute atomic E-state index is 0.141. The predicted octanol–water partition coefficient (Wildman–Crippen LogP) is 1.28. The number of hydrogen-bond donors (Lipinski definition) is 1. The van der Waals surface area contributed by atoms with Gasteiger partial charge in [0.2, 0.25) is 0 Å². The van der Waals surface area contributed by atoms with Crippen LogP contribution in [0.5, 0.6) is 0 Å². The molecule has 1 N–H and O–H groups in total. The molecule has 0 aliphatic heterocycles. The molecule has 0 fully saturated rings. The van der Waals surface area contributed by atoms with Crippen LogP contribution in [0.3, 0.4) is 0 Å². The lowest BCUT2D eigenvalue weighted by atomic mass is 10.2. The number of hydrogen-bond acceptors (Lipinski definition) is 5. The minimum Gasteiger partial charge on any atom is -0.478 e. The molecule has 1 aromatic carbocycles. The minimum atomic E-state index is -3.99. The fraction of sp³-hybridized carbons (Fsp3) is 0.182. The van der Waals surface area contributed by atoms with Gasteiger partial charge in [0.15, 0.2) is 9.84 Å². The lowest BCUT2D eigenvalue weighted by Crippen LogP contribution is -2.12. The number of rotatable bonds is 4. The van der Waals surface area contributed by atoms with Crippen LogP contribution in [0.1, 0.15) is 16.2 Å². The molecule has 2 rings (SSSR count). The maximum absolute atomic E-state index is 13.6. The quantitative estimate of drug-likeness (QED) is 0.904. The lowest BCUT2D eigenvalue weighted by Gasteiger charge is -2.07. The van der Waals surface area contributed by atoms with E-state index in [-0.39, 0.29) is 5.82 Å². The van der Waals surface area contributed by atoms with Gasteiger partial charge in [0.1, 0.15) is 23.7 Å². The average molecular weight is 334 g/mol. The number of nitrogens with zero attached hydrogens (tertiary/aromatic N) is 3. The fourth-order valence-corrected chi connectivity index (χ4v) is 3.14. The van der Waals surface area contributed by atoms with Gasteiger partial charge in [-0.25, -0.2) is 22.6 Å². The summed E-state index contributed by atoms with van der Waals surface area (Å²) in [6, 6.07) is 1.50. The zero-order chi connectivity index (χ0) is 15.8. The topological polar surface area (TPSA) is 102 Å². The van der Waals surface area contributed by atoms with Crippen LogP contribution in [0.2, 0.25) is 5.02 Å². The number of carbonyl (C=O) groups is 1. The van der Waals surface area contributed by atoms with Crippen LogP contribution in [0, 0.1) is 5.82 Å². The van der Waals surface area contributed by atoms with Gasteiger partial charge in [0.25, 0.3) is 0 Å². The summed E-state index contributed by atoms with van der Waals surface area (Å²) in [6.45, 7) is 0. The van der Waals surface area contributed by atoms with Crippen molar-refractivity contribution < 1.29 is 22.7 Å². The normalized spacial score (nSPS) is 11.6. The van der Waals surface area contributed by atoms with E-state index < -0.39 is 42.9 Å². The maximum atomic E-state index is 13.6. The Hall–Kier alpha value is -2.00. The van der Waals surface area contributed by atoms with E-state index in [9.17, 15) is 17.6 Å². The van der Waals surface area contributed by atoms with Crippen molar-refractivity contribution in [1.29, 1.82) is 0 Å². The Kier molecular flexibility index (Phi) is 3.97. The number of aromatic nitrogens is 3. The van der Waals surface area contributed by atoms with Crippen LogP contribution in [-0.2, 0) is 22.6 Å². The highest BCUT2D eigenvalue weighted by atomic mass is 35.5. The first kappa shape index (κ1) is 15.4. The largest absolute Gasteiger partial charge is 0.478 e. The van der Waals surface area contributed by atoms with Crippen LogP contribution < -0.4 is 0 Å². The molecule has 0 spiro atoms. The molecule has 112 valence electrons. The Balaban J connectivity index is 2.50. The van der Waals surface area contributed by atoms with Crippen LogP contribution in [0.25, 0.3) is 0 Å². The summed E-state index contributed by atoms with van der Waals surface area (Å²) in [4.78, 5) is 14.2. The van der Waals surface area contributed by atoms with Crippen LogP contribution >= 0.6 is 11.6 Å². The molecule has 7 nitrogen and oxygen atoms in total. The van der Waals surface area contributed by atoms with Gasteiger partial charge < -0.3 is 5.11 Å². The SMILES string of the molecule is Cn1ncnc1CS(=O)(=O)c1cc(F)c(Cl)c(C(=O)O)c1. The third-order valence-electron chi connectivity index (χ3n) is 2.72. The number of halogens is 2. The third-order valence-corrected chi connectivity index (χ3v) is 4.69. The maximum Gasteiger partial charge on any atom is 0.337 e. The van der Waals surface area contributed by atoms with Gasteiger partial charge in [0, 0.05) is 7.05 Å². The van der Waals surface area contributed by atoms with Gasteiger partial charge in [-0.1, -0.05) is 11.6 Å². The second-order valence-electron chi connectivity index (χ2n) is 4.13. The number of aromatic carboxylic acids is 1. The fourth-order valence-electron chi connectivity index (χ4n) is 1.60. The van der Waals surface area contributed by atoms with Crippen LogP contribution in [-0.4, -0.2) is 34.3 Å². The van der Waals surface area contributed by atoms with Crippen molar-refractivity contribution in [2.45, 2.75) is 10.6 Å². The highest BCUT2D eigenvalue weighted by molar-refractivity contribution is 7.90. The first-order chi connectivity index (χ1) is 9.72. The van der Waals surface area contributed by atoms with Crippen molar-refractivity contribution in [3.63, 3.8) is 0 Å². The highest BCUT2D eigenvalue weighted by Gasteiger charge is 2.23. The van der Waals surface area contributed by atoms with E-state index in [0.717, 1.165) is 6.07 Å². The molecular formula is C11H9ClFN3O4S. The molecule has 0 saturated heterocycles. The summed E-state index contributed by atoms with van der Waals surface area (Å²) in [7, 11) is -2.48. The predicted molar refractivity (Wildman–Crippen MR) is 70.3 cm³/mol. The highest BCUT2D eigenvalue weighted by Crippen LogP contribution is 2.26. The van der Waals surface area contributed by atoms with Gasteiger partial charge in [-0.2, -0.15) is 5.10 Å². The van der Waals surface area contributed by atoms with Crippen molar-refractivity contribution in [2.75, 3.05) is 0 Å². The molecule has 0 bridgehead atoms. The number of carboxylic acids is 1. The summed E-state index contributed by atoms with van der Waals surface area (Å²) in [5.41, 5.74) is -0.617. The number of sulfone groups is 1. The zero-order valence-corrected chi connectivity index (χ0v) is 12.2. The van der Waals surface area contributed by atoms with E-state index >= 15 is 0 Å². The Morgan fingerprint density at radius 3 is 2.67 bits per heavy atom. The molecule has 1 aromatic heterocycles. The zero-order valence-electron chi connectivity index (χ0n) is 10.6. The van der Waals surface area contributed by atoms with E-state index in [1.807, 2.05) is 0 Å². The van der Waals surface area contributed by atoms with Crippen LogP contribution in [0.15, 0.2) is 23.4 Å². The Morgan fingerprint density at radius 1 is 1.48 bits per heavy atom. The van der Waals surface area contributed by atoms with Crippen molar-refractivity contribution >= 4 is 27.4 Å². The number of benzene rings is 1. The van der Waals surface area contributed by atoms with Gasteiger partial charge in [-0.15, -0.1) is 0 Å². The molecule has 10 heteroatoms. The molecule has 1 heterocycles. The molecule has 0 saturated carbocycles. The first-order valence-electron chi connectivity index (χ1n) is 5.50. The van der Waals surface area contributed by atoms with Crippen molar-refractivity contribution in [3.8, 4) is 0 Å². The molecular weight excluding hydrogens is 325 g/mol. The summed E-state index contributed by atoms with van der Waals surface area (Å²) in [5.74, 6) is -3.03. The van der Waals surface area contributed by atoms with E-state index in [0.29, 0.717) is 6.07 Å². The molecule has 0 aliphatic rings. The average Bonchev–Trinajstić information content (AvgIpc) is 2.77.